The van der Waals surface area contributed by atoms with E-state index in [0.717, 1.165) is 5.69 Å². The largest absolute Gasteiger partial charge is 0.481 e. The lowest BCUT2D eigenvalue weighted by molar-refractivity contribution is 0.391. The molecule has 1 unspecified atom stereocenters. The van der Waals surface area contributed by atoms with Crippen LogP contribution in [0.4, 0.5) is 0 Å². The first-order valence-electron chi connectivity index (χ1n) is 6.50. The summed E-state index contributed by atoms with van der Waals surface area (Å²) in [6, 6.07) is 1.49. The van der Waals surface area contributed by atoms with Crippen molar-refractivity contribution < 1.29 is 13.2 Å². The zero-order valence-corrected chi connectivity index (χ0v) is 13.5. The van der Waals surface area contributed by atoms with Crippen LogP contribution in [0.25, 0.3) is 0 Å². The number of hydrogen-bond donors (Lipinski definition) is 1. The minimum absolute atomic E-state index is 0.234. The fourth-order valence-electron chi connectivity index (χ4n) is 1.88. The summed E-state index contributed by atoms with van der Waals surface area (Å²) >= 11 is 0. The first-order chi connectivity index (χ1) is 9.22. The number of likely N-dealkylation sites (N-methyl/N-ethyl adjacent to an activating group) is 1. The highest BCUT2D eigenvalue weighted by Gasteiger charge is 2.38. The van der Waals surface area contributed by atoms with Gasteiger partial charge in [0.2, 0.25) is 5.88 Å². The van der Waals surface area contributed by atoms with E-state index in [1.165, 1.54) is 19.7 Å². The van der Waals surface area contributed by atoms with E-state index >= 15 is 0 Å². The van der Waals surface area contributed by atoms with Crippen LogP contribution in [0.15, 0.2) is 12.4 Å². The molecule has 0 amide bonds. The third-order valence-corrected chi connectivity index (χ3v) is 5.76. The maximum Gasteiger partial charge on any atom is 0.216 e. The zero-order valence-electron chi connectivity index (χ0n) is 12.7. The third kappa shape index (κ3) is 3.89. The van der Waals surface area contributed by atoms with Gasteiger partial charge in [0.05, 0.1) is 11.9 Å². The van der Waals surface area contributed by atoms with E-state index in [2.05, 4.69) is 15.3 Å². The smallest absolute Gasteiger partial charge is 0.216 e. The SMILES string of the molecule is CCNC(Cc1cc(OC)ncn1)C(C)(C)S(C)(=O)=O. The highest BCUT2D eigenvalue weighted by molar-refractivity contribution is 7.92. The second kappa shape index (κ2) is 6.49. The molecule has 0 spiro atoms. The van der Waals surface area contributed by atoms with Gasteiger partial charge >= 0.3 is 0 Å². The van der Waals surface area contributed by atoms with Crippen LogP contribution in [0.3, 0.4) is 0 Å². The van der Waals surface area contributed by atoms with Crippen LogP contribution < -0.4 is 10.1 Å². The number of ether oxygens (including phenoxy) is 1. The predicted octanol–water partition coefficient (Wildman–Crippen LogP) is 0.829. The topological polar surface area (TPSA) is 81.2 Å². The molecule has 7 heteroatoms. The van der Waals surface area contributed by atoms with Gasteiger partial charge in [-0.1, -0.05) is 6.92 Å². The van der Waals surface area contributed by atoms with E-state index in [1.54, 1.807) is 19.9 Å². The number of nitrogens with zero attached hydrogens (tertiary/aromatic N) is 2. The Kier molecular flexibility index (Phi) is 5.47. The van der Waals surface area contributed by atoms with Crippen LogP contribution in [0.1, 0.15) is 26.5 Å². The number of nitrogens with one attached hydrogen (secondary N) is 1. The third-order valence-electron chi connectivity index (χ3n) is 3.57. The summed E-state index contributed by atoms with van der Waals surface area (Å²) < 4.78 is 28.1. The molecule has 0 aromatic carbocycles. The van der Waals surface area contributed by atoms with E-state index in [-0.39, 0.29) is 6.04 Å². The van der Waals surface area contributed by atoms with Crippen LogP contribution in [0.2, 0.25) is 0 Å². The van der Waals surface area contributed by atoms with Gasteiger partial charge in [0.25, 0.3) is 0 Å². The Balaban J connectivity index is 3.03. The summed E-state index contributed by atoms with van der Waals surface area (Å²) in [5, 5.41) is 3.24. The van der Waals surface area contributed by atoms with E-state index in [0.29, 0.717) is 18.8 Å². The lowest BCUT2D eigenvalue weighted by Crippen LogP contribution is -2.52. The van der Waals surface area contributed by atoms with Crippen molar-refractivity contribution in [3.63, 3.8) is 0 Å². The summed E-state index contributed by atoms with van der Waals surface area (Å²) in [6.45, 7) is 6.10. The maximum atomic E-state index is 12.0. The first-order valence-corrected chi connectivity index (χ1v) is 8.39. The van der Waals surface area contributed by atoms with Crippen molar-refractivity contribution in [2.75, 3.05) is 19.9 Å². The van der Waals surface area contributed by atoms with Gasteiger partial charge in [-0.25, -0.2) is 18.4 Å². The molecule has 0 saturated heterocycles. The summed E-state index contributed by atoms with van der Waals surface area (Å²) in [5.41, 5.74) is 0.750. The Morgan fingerprint density at radius 3 is 2.55 bits per heavy atom. The second-order valence-electron chi connectivity index (χ2n) is 5.24. The number of methoxy groups -OCH3 is 1. The average molecular weight is 301 g/mol. The lowest BCUT2D eigenvalue weighted by atomic mass is 9.98. The zero-order chi connectivity index (χ0) is 15.4. The molecule has 1 aromatic rings. The summed E-state index contributed by atoms with van der Waals surface area (Å²) in [4.78, 5) is 8.13. The molecule has 0 saturated carbocycles. The van der Waals surface area contributed by atoms with Crippen molar-refractivity contribution >= 4 is 9.84 Å². The molecule has 1 aromatic heterocycles. The van der Waals surface area contributed by atoms with Gasteiger partial charge in [-0.05, 0) is 20.4 Å². The summed E-state index contributed by atoms with van der Waals surface area (Å²) in [5.74, 6) is 0.474. The minimum atomic E-state index is -3.20. The highest BCUT2D eigenvalue weighted by atomic mass is 32.2. The van der Waals surface area contributed by atoms with Crippen molar-refractivity contribution in [3.05, 3.63) is 18.1 Å². The quantitative estimate of drug-likeness (QED) is 0.803. The fraction of sp³-hybridized carbons (Fsp3) is 0.692. The van der Waals surface area contributed by atoms with Crippen LogP contribution in [0.5, 0.6) is 5.88 Å². The Bertz CT molecular complexity index is 544. The van der Waals surface area contributed by atoms with Crippen molar-refractivity contribution in [1.82, 2.24) is 15.3 Å². The molecule has 0 fully saturated rings. The molecular weight excluding hydrogens is 278 g/mol. The van der Waals surface area contributed by atoms with Gasteiger partial charge in [-0.3, -0.25) is 0 Å². The monoisotopic (exact) mass is 301 g/mol. The molecule has 0 radical (unpaired) electrons. The van der Waals surface area contributed by atoms with Crippen LogP contribution in [-0.4, -0.2) is 49.1 Å². The lowest BCUT2D eigenvalue weighted by Gasteiger charge is -2.33. The molecule has 1 heterocycles. The van der Waals surface area contributed by atoms with E-state index in [9.17, 15) is 8.42 Å². The molecule has 0 aliphatic rings. The number of hydrogen-bond acceptors (Lipinski definition) is 6. The van der Waals surface area contributed by atoms with Crippen molar-refractivity contribution in [3.8, 4) is 5.88 Å². The maximum absolute atomic E-state index is 12.0. The molecule has 114 valence electrons. The highest BCUT2D eigenvalue weighted by Crippen LogP contribution is 2.23. The van der Waals surface area contributed by atoms with Gasteiger partial charge in [0.15, 0.2) is 9.84 Å². The normalized spacial score (nSPS) is 14.1. The van der Waals surface area contributed by atoms with Gasteiger partial charge in [-0.2, -0.15) is 0 Å². The van der Waals surface area contributed by atoms with E-state index in [4.69, 9.17) is 4.74 Å². The molecule has 0 bridgehead atoms. The first kappa shape index (κ1) is 16.8. The van der Waals surface area contributed by atoms with Gasteiger partial charge in [-0.15, -0.1) is 0 Å². The fourth-order valence-corrected chi connectivity index (χ4v) is 2.56. The Labute approximate surface area is 120 Å². The minimum Gasteiger partial charge on any atom is -0.481 e. The molecule has 1 rings (SSSR count). The van der Waals surface area contributed by atoms with Crippen LogP contribution in [0, 0.1) is 0 Å². The van der Waals surface area contributed by atoms with Crippen LogP contribution in [-0.2, 0) is 16.3 Å². The molecule has 20 heavy (non-hydrogen) atoms. The standard InChI is InChI=1S/C13H23N3O3S/c1-6-14-11(13(2,3)20(5,17)18)7-10-8-12(19-4)16-9-15-10/h8-9,11,14H,6-7H2,1-5H3. The predicted molar refractivity (Wildman–Crippen MR) is 78.7 cm³/mol. The summed E-state index contributed by atoms with van der Waals surface area (Å²) in [7, 11) is -1.66. The Morgan fingerprint density at radius 2 is 2.05 bits per heavy atom. The Hall–Kier alpha value is -1.21. The van der Waals surface area contributed by atoms with Crippen molar-refractivity contribution in [1.29, 1.82) is 0 Å². The molecule has 1 N–H and O–H groups in total. The van der Waals surface area contributed by atoms with Gasteiger partial charge < -0.3 is 10.1 Å². The molecule has 0 aliphatic heterocycles. The van der Waals surface area contributed by atoms with Crippen molar-refractivity contribution in [2.24, 2.45) is 0 Å². The summed E-state index contributed by atoms with van der Waals surface area (Å²) in [6.07, 6.45) is 3.18. The van der Waals surface area contributed by atoms with E-state index < -0.39 is 14.6 Å². The molecule has 1 atom stereocenters. The Morgan fingerprint density at radius 1 is 1.40 bits per heavy atom. The van der Waals surface area contributed by atoms with Gasteiger partial charge in [0, 0.05) is 30.5 Å². The average Bonchev–Trinajstić information content (AvgIpc) is 2.37. The molecule has 6 nitrogen and oxygen atoms in total. The second-order valence-corrected chi connectivity index (χ2v) is 7.84. The van der Waals surface area contributed by atoms with Crippen molar-refractivity contribution in [2.45, 2.75) is 38.0 Å². The van der Waals surface area contributed by atoms with Crippen LogP contribution >= 0.6 is 0 Å². The number of aromatic nitrogens is 2. The molecule has 0 aliphatic carbocycles. The number of rotatable bonds is 7. The van der Waals surface area contributed by atoms with E-state index in [1.807, 2.05) is 6.92 Å². The molecular formula is C13H23N3O3S. The number of sulfone groups is 1. The van der Waals surface area contributed by atoms with Gasteiger partial charge in [0.1, 0.15) is 6.33 Å².